The maximum atomic E-state index is 13.9. The lowest BCUT2D eigenvalue weighted by Crippen LogP contribution is -2.22. The topological polar surface area (TPSA) is 39.9 Å². The standard InChI is InChI=1S/C16H16FN3/c1-2-20(11-13-5-7-19-8-6-13)12-15-4-3-14(10-18)9-16(15)17/h3-9H,2,11-12H2,1H3. The van der Waals surface area contributed by atoms with Crippen molar-refractivity contribution in [1.82, 2.24) is 9.88 Å². The van der Waals surface area contributed by atoms with Crippen molar-refractivity contribution >= 4 is 0 Å². The van der Waals surface area contributed by atoms with Crippen LogP contribution in [0.5, 0.6) is 0 Å². The summed E-state index contributed by atoms with van der Waals surface area (Å²) in [6, 6.07) is 10.5. The molecule has 1 aromatic carbocycles. The van der Waals surface area contributed by atoms with Crippen molar-refractivity contribution in [2.24, 2.45) is 0 Å². The van der Waals surface area contributed by atoms with Gasteiger partial charge in [-0.05, 0) is 36.4 Å². The van der Waals surface area contributed by atoms with E-state index < -0.39 is 0 Å². The molecule has 1 aromatic heterocycles. The van der Waals surface area contributed by atoms with Gasteiger partial charge >= 0.3 is 0 Å². The zero-order valence-electron chi connectivity index (χ0n) is 11.4. The van der Waals surface area contributed by atoms with Gasteiger partial charge < -0.3 is 0 Å². The van der Waals surface area contributed by atoms with Gasteiger partial charge in [0.1, 0.15) is 5.82 Å². The van der Waals surface area contributed by atoms with Crippen molar-refractivity contribution in [2.75, 3.05) is 6.54 Å². The van der Waals surface area contributed by atoms with Gasteiger partial charge in [0.15, 0.2) is 0 Å². The van der Waals surface area contributed by atoms with Gasteiger partial charge in [-0.1, -0.05) is 13.0 Å². The Hall–Kier alpha value is -2.25. The molecule has 0 aliphatic heterocycles. The van der Waals surface area contributed by atoms with E-state index in [4.69, 9.17) is 5.26 Å². The predicted molar refractivity (Wildman–Crippen MR) is 75.1 cm³/mol. The first kappa shape index (κ1) is 14.2. The Kier molecular flexibility index (Phi) is 4.80. The van der Waals surface area contributed by atoms with Gasteiger partial charge in [0.25, 0.3) is 0 Å². The summed E-state index contributed by atoms with van der Waals surface area (Å²) in [6.07, 6.45) is 3.51. The predicted octanol–water partition coefficient (Wildman–Crippen LogP) is 3.11. The lowest BCUT2D eigenvalue weighted by Gasteiger charge is -2.20. The largest absolute Gasteiger partial charge is 0.295 e. The Labute approximate surface area is 118 Å². The highest BCUT2D eigenvalue weighted by Gasteiger charge is 2.09. The number of nitrogens with zero attached hydrogens (tertiary/aromatic N) is 3. The molecule has 102 valence electrons. The van der Waals surface area contributed by atoms with Gasteiger partial charge in [0, 0.05) is 31.0 Å². The van der Waals surface area contributed by atoms with Gasteiger partial charge in [-0.3, -0.25) is 9.88 Å². The number of hydrogen-bond donors (Lipinski definition) is 0. The van der Waals surface area contributed by atoms with E-state index >= 15 is 0 Å². The van der Waals surface area contributed by atoms with Crippen LogP contribution in [0.4, 0.5) is 4.39 Å². The summed E-state index contributed by atoms with van der Waals surface area (Å²) < 4.78 is 13.9. The second-order valence-corrected chi connectivity index (χ2v) is 4.58. The normalized spacial score (nSPS) is 10.5. The lowest BCUT2D eigenvalue weighted by molar-refractivity contribution is 0.267. The van der Waals surface area contributed by atoms with Crippen molar-refractivity contribution < 1.29 is 4.39 Å². The smallest absolute Gasteiger partial charge is 0.129 e. The number of aromatic nitrogens is 1. The van der Waals surface area contributed by atoms with Crippen molar-refractivity contribution in [3.8, 4) is 6.07 Å². The average Bonchev–Trinajstić information content (AvgIpc) is 2.49. The van der Waals surface area contributed by atoms with Gasteiger partial charge in [0.05, 0.1) is 11.6 Å². The van der Waals surface area contributed by atoms with Crippen molar-refractivity contribution in [1.29, 1.82) is 5.26 Å². The van der Waals surface area contributed by atoms with Gasteiger partial charge in [0.2, 0.25) is 0 Å². The molecule has 0 spiro atoms. The Morgan fingerprint density at radius 1 is 1.20 bits per heavy atom. The van der Waals surface area contributed by atoms with E-state index in [9.17, 15) is 4.39 Å². The van der Waals surface area contributed by atoms with Crippen LogP contribution in [0.15, 0.2) is 42.7 Å². The molecule has 2 rings (SSSR count). The van der Waals surface area contributed by atoms with Crippen LogP contribution in [0.2, 0.25) is 0 Å². The highest BCUT2D eigenvalue weighted by atomic mass is 19.1. The van der Waals surface area contributed by atoms with Crippen LogP contribution in [0.25, 0.3) is 0 Å². The van der Waals surface area contributed by atoms with E-state index in [0.717, 1.165) is 18.7 Å². The summed E-state index contributed by atoms with van der Waals surface area (Å²) in [7, 11) is 0. The third kappa shape index (κ3) is 3.62. The molecule has 0 radical (unpaired) electrons. The van der Waals surface area contributed by atoms with Crippen LogP contribution >= 0.6 is 0 Å². The van der Waals surface area contributed by atoms with Gasteiger partial charge in [-0.15, -0.1) is 0 Å². The zero-order valence-corrected chi connectivity index (χ0v) is 11.4. The van der Waals surface area contributed by atoms with Crippen LogP contribution in [-0.2, 0) is 13.1 Å². The SMILES string of the molecule is CCN(Cc1ccncc1)Cc1ccc(C#N)cc1F. The molecule has 0 amide bonds. The molecule has 1 heterocycles. The number of hydrogen-bond acceptors (Lipinski definition) is 3. The second kappa shape index (κ2) is 6.78. The summed E-state index contributed by atoms with van der Waals surface area (Å²) in [5.74, 6) is -0.322. The van der Waals surface area contributed by atoms with Gasteiger partial charge in [-0.2, -0.15) is 5.26 Å². The average molecular weight is 269 g/mol. The molecule has 0 unspecified atom stereocenters. The number of benzene rings is 1. The summed E-state index contributed by atoms with van der Waals surface area (Å²) in [5, 5.41) is 8.74. The Bertz CT molecular complexity index is 605. The van der Waals surface area contributed by atoms with Crippen molar-refractivity contribution in [3.63, 3.8) is 0 Å². The molecule has 0 saturated heterocycles. The summed E-state index contributed by atoms with van der Waals surface area (Å²) in [4.78, 5) is 6.13. The number of nitriles is 1. The highest BCUT2D eigenvalue weighted by molar-refractivity contribution is 5.32. The summed E-state index contributed by atoms with van der Waals surface area (Å²) in [6.45, 7) is 4.14. The Balaban J connectivity index is 2.09. The maximum Gasteiger partial charge on any atom is 0.129 e. The number of rotatable bonds is 5. The van der Waals surface area contributed by atoms with Crippen LogP contribution in [0.3, 0.4) is 0 Å². The minimum absolute atomic E-state index is 0.322. The molecular weight excluding hydrogens is 253 g/mol. The van der Waals surface area contributed by atoms with E-state index in [1.54, 1.807) is 24.5 Å². The first-order chi connectivity index (χ1) is 9.72. The molecule has 0 bridgehead atoms. The fourth-order valence-electron chi connectivity index (χ4n) is 2.01. The Morgan fingerprint density at radius 3 is 2.55 bits per heavy atom. The summed E-state index contributed by atoms with van der Waals surface area (Å²) in [5.41, 5.74) is 2.11. The lowest BCUT2D eigenvalue weighted by atomic mass is 10.1. The van der Waals surface area contributed by atoms with E-state index in [-0.39, 0.29) is 5.82 Å². The molecule has 0 saturated carbocycles. The first-order valence-corrected chi connectivity index (χ1v) is 6.52. The second-order valence-electron chi connectivity index (χ2n) is 4.58. The molecule has 2 aromatic rings. The third-order valence-electron chi connectivity index (χ3n) is 3.18. The molecule has 0 aliphatic carbocycles. The minimum atomic E-state index is -0.322. The van der Waals surface area contributed by atoms with Crippen LogP contribution in [0.1, 0.15) is 23.6 Å². The quantitative estimate of drug-likeness (QED) is 0.837. The van der Waals surface area contributed by atoms with E-state index in [2.05, 4.69) is 9.88 Å². The molecule has 20 heavy (non-hydrogen) atoms. The van der Waals surface area contributed by atoms with Crippen molar-refractivity contribution in [2.45, 2.75) is 20.0 Å². The van der Waals surface area contributed by atoms with Crippen LogP contribution in [0, 0.1) is 17.1 Å². The van der Waals surface area contributed by atoms with Crippen LogP contribution in [-0.4, -0.2) is 16.4 Å². The zero-order chi connectivity index (χ0) is 14.4. The molecule has 0 N–H and O–H groups in total. The number of pyridine rings is 1. The minimum Gasteiger partial charge on any atom is -0.295 e. The monoisotopic (exact) mass is 269 g/mol. The number of halogens is 1. The summed E-state index contributed by atoms with van der Waals surface area (Å²) >= 11 is 0. The van der Waals surface area contributed by atoms with E-state index in [1.807, 2.05) is 25.1 Å². The molecule has 0 aliphatic rings. The molecule has 3 nitrogen and oxygen atoms in total. The van der Waals surface area contributed by atoms with Gasteiger partial charge in [-0.25, -0.2) is 4.39 Å². The first-order valence-electron chi connectivity index (χ1n) is 6.52. The Morgan fingerprint density at radius 2 is 1.95 bits per heavy atom. The molecule has 0 atom stereocenters. The maximum absolute atomic E-state index is 13.9. The highest BCUT2D eigenvalue weighted by Crippen LogP contribution is 2.14. The molecule has 0 fully saturated rings. The van der Waals surface area contributed by atoms with E-state index in [1.165, 1.54) is 6.07 Å². The van der Waals surface area contributed by atoms with E-state index in [0.29, 0.717) is 17.7 Å². The van der Waals surface area contributed by atoms with Crippen molar-refractivity contribution in [3.05, 3.63) is 65.2 Å². The molecular formula is C16H16FN3. The molecule has 4 heteroatoms. The van der Waals surface area contributed by atoms with Crippen LogP contribution < -0.4 is 0 Å². The third-order valence-corrected chi connectivity index (χ3v) is 3.18. The fraction of sp³-hybridized carbons (Fsp3) is 0.250. The fourth-order valence-corrected chi connectivity index (χ4v) is 2.01.